The van der Waals surface area contributed by atoms with E-state index in [4.69, 9.17) is 9.47 Å². The van der Waals surface area contributed by atoms with Crippen molar-refractivity contribution in [1.29, 1.82) is 0 Å². The van der Waals surface area contributed by atoms with Gasteiger partial charge in [0.15, 0.2) is 11.6 Å². The third-order valence-electron chi connectivity index (χ3n) is 9.85. The maximum atomic E-state index is 13.0. The first-order valence-corrected chi connectivity index (χ1v) is 17.4. The fourth-order valence-corrected chi connectivity index (χ4v) is 7.12. The SMILES string of the molecule is CCCCCCCOc1cnc(-c2ccc(OC(=O)C3CCC(C4CCC(CCCCCCC)CC4)CC3)cc2)nc1. The number of ether oxygens (including phenoxy) is 2. The van der Waals surface area contributed by atoms with E-state index in [0.717, 1.165) is 42.6 Å². The standard InChI is InChI=1S/C37H56N2O3/c1-3-5-7-9-11-13-29-14-16-30(17-15-29)31-18-20-33(21-19-31)37(40)42-34-24-22-32(23-25-34)36-38-27-35(28-39-36)41-26-12-10-8-6-4-2/h22-25,27-31,33H,3-21,26H2,1-2H3. The first-order chi connectivity index (χ1) is 20.7. The molecule has 0 radical (unpaired) electrons. The molecule has 5 heteroatoms. The molecule has 232 valence electrons. The molecule has 5 nitrogen and oxygen atoms in total. The number of hydrogen-bond donors (Lipinski definition) is 0. The van der Waals surface area contributed by atoms with Crippen LogP contribution in [0.25, 0.3) is 11.4 Å². The molecule has 0 atom stereocenters. The predicted octanol–water partition coefficient (Wildman–Crippen LogP) is 10.4. The highest BCUT2D eigenvalue weighted by molar-refractivity contribution is 5.75. The normalized spacial score (nSPS) is 22.5. The number of hydrogen-bond acceptors (Lipinski definition) is 5. The van der Waals surface area contributed by atoms with Crippen molar-refractivity contribution in [3.63, 3.8) is 0 Å². The third-order valence-corrected chi connectivity index (χ3v) is 9.85. The Balaban J connectivity index is 1.13. The number of carbonyl (C=O) groups is 1. The van der Waals surface area contributed by atoms with E-state index in [-0.39, 0.29) is 11.9 Å². The first-order valence-electron chi connectivity index (χ1n) is 17.4. The van der Waals surface area contributed by atoms with Crippen molar-refractivity contribution in [2.75, 3.05) is 6.61 Å². The van der Waals surface area contributed by atoms with Gasteiger partial charge in [0, 0.05) is 5.56 Å². The Hall–Kier alpha value is -2.43. The minimum Gasteiger partial charge on any atom is -0.490 e. The fourth-order valence-electron chi connectivity index (χ4n) is 7.12. The van der Waals surface area contributed by atoms with E-state index in [0.29, 0.717) is 23.9 Å². The number of rotatable bonds is 17. The zero-order valence-electron chi connectivity index (χ0n) is 26.5. The van der Waals surface area contributed by atoms with Crippen LogP contribution in [0, 0.1) is 23.7 Å². The highest BCUT2D eigenvalue weighted by Crippen LogP contribution is 2.42. The molecule has 0 aliphatic heterocycles. The maximum Gasteiger partial charge on any atom is 0.314 e. The molecule has 2 aliphatic rings. The van der Waals surface area contributed by atoms with Crippen LogP contribution in [-0.4, -0.2) is 22.5 Å². The third kappa shape index (κ3) is 10.7. The van der Waals surface area contributed by atoms with E-state index < -0.39 is 0 Å². The molecule has 0 bridgehead atoms. The van der Waals surface area contributed by atoms with E-state index in [2.05, 4.69) is 23.8 Å². The van der Waals surface area contributed by atoms with Crippen molar-refractivity contribution >= 4 is 5.97 Å². The number of carbonyl (C=O) groups excluding carboxylic acids is 1. The van der Waals surface area contributed by atoms with Crippen molar-refractivity contribution < 1.29 is 14.3 Å². The summed E-state index contributed by atoms with van der Waals surface area (Å²) >= 11 is 0. The lowest BCUT2D eigenvalue weighted by Crippen LogP contribution is -2.30. The van der Waals surface area contributed by atoms with Gasteiger partial charge >= 0.3 is 5.97 Å². The molecule has 0 spiro atoms. The highest BCUT2D eigenvalue weighted by atomic mass is 16.5. The largest absolute Gasteiger partial charge is 0.490 e. The Labute approximate surface area is 255 Å². The Morgan fingerprint density at radius 3 is 1.88 bits per heavy atom. The van der Waals surface area contributed by atoms with Gasteiger partial charge in [0.2, 0.25) is 0 Å². The number of benzene rings is 1. The molecule has 1 aromatic carbocycles. The van der Waals surface area contributed by atoms with E-state index in [9.17, 15) is 4.79 Å². The van der Waals surface area contributed by atoms with Gasteiger partial charge < -0.3 is 9.47 Å². The van der Waals surface area contributed by atoms with Gasteiger partial charge in [-0.3, -0.25) is 4.79 Å². The van der Waals surface area contributed by atoms with Crippen LogP contribution in [0.15, 0.2) is 36.7 Å². The van der Waals surface area contributed by atoms with Crippen LogP contribution < -0.4 is 9.47 Å². The zero-order valence-corrected chi connectivity index (χ0v) is 26.5. The lowest BCUT2D eigenvalue weighted by atomic mass is 9.68. The van der Waals surface area contributed by atoms with Crippen molar-refractivity contribution in [1.82, 2.24) is 9.97 Å². The molecule has 1 aromatic heterocycles. The molecule has 4 rings (SSSR count). The molecule has 0 amide bonds. The minimum absolute atomic E-state index is 0.0305. The van der Waals surface area contributed by atoms with Crippen LogP contribution in [0.4, 0.5) is 0 Å². The Morgan fingerprint density at radius 1 is 0.690 bits per heavy atom. The second kappa shape index (κ2) is 18.3. The maximum absolute atomic E-state index is 13.0. The molecule has 2 fully saturated rings. The van der Waals surface area contributed by atoms with Crippen molar-refractivity contribution in [3.05, 3.63) is 36.7 Å². The average Bonchev–Trinajstić information content (AvgIpc) is 3.04. The molecular weight excluding hydrogens is 520 g/mol. The Morgan fingerprint density at radius 2 is 1.26 bits per heavy atom. The average molecular weight is 577 g/mol. The summed E-state index contributed by atoms with van der Waals surface area (Å²) in [6.45, 7) is 5.22. The van der Waals surface area contributed by atoms with Gasteiger partial charge in [-0.1, -0.05) is 90.9 Å². The van der Waals surface area contributed by atoms with Gasteiger partial charge in [-0.25, -0.2) is 9.97 Å². The molecule has 0 N–H and O–H groups in total. The van der Waals surface area contributed by atoms with Crippen LogP contribution in [0.3, 0.4) is 0 Å². The Bertz CT molecular complexity index is 1010. The summed E-state index contributed by atoms with van der Waals surface area (Å²) in [4.78, 5) is 21.9. The lowest BCUT2D eigenvalue weighted by Gasteiger charge is -2.37. The molecule has 0 saturated heterocycles. The minimum atomic E-state index is -0.0690. The van der Waals surface area contributed by atoms with E-state index in [1.165, 1.54) is 103 Å². The summed E-state index contributed by atoms with van der Waals surface area (Å²) in [5.41, 5.74) is 0.896. The van der Waals surface area contributed by atoms with Crippen molar-refractivity contribution in [2.24, 2.45) is 23.7 Å². The summed E-state index contributed by atoms with van der Waals surface area (Å²) in [5, 5.41) is 0. The monoisotopic (exact) mass is 576 g/mol. The van der Waals surface area contributed by atoms with Crippen LogP contribution in [0.2, 0.25) is 0 Å². The predicted molar refractivity (Wildman–Crippen MR) is 172 cm³/mol. The molecule has 0 unspecified atom stereocenters. The quantitative estimate of drug-likeness (QED) is 0.106. The van der Waals surface area contributed by atoms with Crippen LogP contribution in [0.1, 0.15) is 136 Å². The second-order valence-electron chi connectivity index (χ2n) is 13.0. The molecule has 2 saturated carbocycles. The van der Waals surface area contributed by atoms with E-state index in [1.54, 1.807) is 12.4 Å². The summed E-state index contributed by atoms with van der Waals surface area (Å²) in [6.07, 6.45) is 28.0. The van der Waals surface area contributed by atoms with E-state index in [1.807, 2.05) is 24.3 Å². The van der Waals surface area contributed by atoms with Crippen molar-refractivity contribution in [3.8, 4) is 22.9 Å². The van der Waals surface area contributed by atoms with Crippen LogP contribution >= 0.6 is 0 Å². The van der Waals surface area contributed by atoms with Crippen LogP contribution in [-0.2, 0) is 4.79 Å². The topological polar surface area (TPSA) is 61.3 Å². The summed E-state index contributed by atoms with van der Waals surface area (Å²) in [7, 11) is 0. The lowest BCUT2D eigenvalue weighted by molar-refractivity contribution is -0.140. The zero-order chi connectivity index (χ0) is 29.4. The van der Waals surface area contributed by atoms with Gasteiger partial charge in [-0.2, -0.15) is 0 Å². The molecular formula is C37H56N2O3. The number of esters is 1. The first kappa shape index (κ1) is 32.5. The summed E-state index contributed by atoms with van der Waals surface area (Å²) < 4.78 is 11.6. The molecule has 2 aromatic rings. The molecule has 2 aliphatic carbocycles. The second-order valence-corrected chi connectivity index (χ2v) is 13.0. The molecule has 1 heterocycles. The van der Waals surface area contributed by atoms with E-state index >= 15 is 0 Å². The van der Waals surface area contributed by atoms with Gasteiger partial charge in [0.25, 0.3) is 0 Å². The van der Waals surface area contributed by atoms with Crippen LogP contribution in [0.5, 0.6) is 11.5 Å². The fraction of sp³-hybridized carbons (Fsp3) is 0.703. The summed E-state index contributed by atoms with van der Waals surface area (Å²) in [6, 6.07) is 7.55. The summed E-state index contributed by atoms with van der Waals surface area (Å²) in [5.74, 6) is 4.56. The number of nitrogens with zero attached hydrogens (tertiary/aromatic N) is 2. The van der Waals surface area contributed by atoms with Gasteiger partial charge in [-0.15, -0.1) is 0 Å². The van der Waals surface area contributed by atoms with Gasteiger partial charge in [0.05, 0.1) is 24.9 Å². The van der Waals surface area contributed by atoms with Crippen molar-refractivity contribution in [2.45, 2.75) is 136 Å². The molecule has 42 heavy (non-hydrogen) atoms. The Kier molecular flexibility index (Phi) is 14.1. The van der Waals surface area contributed by atoms with Gasteiger partial charge in [-0.05, 0) is 87.0 Å². The van der Waals surface area contributed by atoms with Gasteiger partial charge in [0.1, 0.15) is 5.75 Å². The highest BCUT2D eigenvalue weighted by Gasteiger charge is 2.33. The smallest absolute Gasteiger partial charge is 0.314 e. The number of aromatic nitrogens is 2. The number of unbranched alkanes of at least 4 members (excludes halogenated alkanes) is 8.